The Bertz CT molecular complexity index is 590. The average Bonchev–Trinajstić information content (AvgIpc) is 2.28. The third kappa shape index (κ3) is 3.17. The first-order valence-electron chi connectivity index (χ1n) is 4.99. The van der Waals surface area contributed by atoms with Crippen LogP contribution >= 0.6 is 22.6 Å². The summed E-state index contributed by atoms with van der Waals surface area (Å²) in [7, 11) is 0. The van der Waals surface area contributed by atoms with E-state index in [2.05, 4.69) is 33.6 Å². The minimum absolute atomic E-state index is 0.448. The van der Waals surface area contributed by atoms with Gasteiger partial charge in [-0.05, 0) is 53.8 Å². The fraction of sp³-hybridized carbons (Fsp3) is 0.0769. The number of benzene rings is 1. The van der Waals surface area contributed by atoms with Crippen LogP contribution in [0.5, 0.6) is 11.6 Å². The molecule has 84 valence electrons. The fourth-order valence-corrected chi connectivity index (χ4v) is 1.92. The topological polar surface area (TPSA) is 45.9 Å². The van der Waals surface area contributed by atoms with E-state index in [1.807, 2.05) is 31.2 Å². The maximum atomic E-state index is 8.86. The van der Waals surface area contributed by atoms with Crippen molar-refractivity contribution in [3.63, 3.8) is 0 Å². The van der Waals surface area contributed by atoms with Crippen LogP contribution in [0.15, 0.2) is 36.4 Å². The van der Waals surface area contributed by atoms with E-state index in [0.717, 1.165) is 15.0 Å². The standard InChI is InChI=1S/C13H9IN2O/c1-9-5-10(8-15)6-13(16-9)17-12-4-2-3-11(14)7-12/h2-7H,1H3. The molecule has 1 aromatic carbocycles. The summed E-state index contributed by atoms with van der Waals surface area (Å²) in [5.74, 6) is 1.17. The van der Waals surface area contributed by atoms with Crippen LogP contribution in [-0.4, -0.2) is 4.98 Å². The van der Waals surface area contributed by atoms with Gasteiger partial charge in [-0.2, -0.15) is 5.26 Å². The summed E-state index contributed by atoms with van der Waals surface area (Å²) in [5, 5.41) is 8.86. The number of aromatic nitrogens is 1. The first-order chi connectivity index (χ1) is 8.17. The Kier molecular flexibility index (Phi) is 3.59. The Morgan fingerprint density at radius 3 is 2.82 bits per heavy atom. The van der Waals surface area contributed by atoms with Crippen molar-refractivity contribution in [1.82, 2.24) is 4.98 Å². The lowest BCUT2D eigenvalue weighted by Crippen LogP contribution is -1.91. The molecule has 1 heterocycles. The molecular weight excluding hydrogens is 327 g/mol. The van der Waals surface area contributed by atoms with Gasteiger partial charge < -0.3 is 4.74 Å². The summed E-state index contributed by atoms with van der Waals surface area (Å²) in [5.41, 5.74) is 1.32. The van der Waals surface area contributed by atoms with Gasteiger partial charge in [-0.3, -0.25) is 0 Å². The summed E-state index contributed by atoms with van der Waals surface area (Å²) >= 11 is 2.22. The van der Waals surface area contributed by atoms with Crippen LogP contribution < -0.4 is 4.74 Å². The van der Waals surface area contributed by atoms with E-state index >= 15 is 0 Å². The third-order valence-electron chi connectivity index (χ3n) is 2.08. The monoisotopic (exact) mass is 336 g/mol. The predicted octanol–water partition coefficient (Wildman–Crippen LogP) is 3.66. The number of nitrogens with zero attached hydrogens (tertiary/aromatic N) is 2. The lowest BCUT2D eigenvalue weighted by atomic mass is 10.2. The van der Waals surface area contributed by atoms with Gasteiger partial charge in [0, 0.05) is 15.3 Å². The van der Waals surface area contributed by atoms with Crippen LogP contribution in [0, 0.1) is 21.8 Å². The molecule has 0 atom stereocenters. The van der Waals surface area contributed by atoms with E-state index < -0.39 is 0 Å². The zero-order valence-electron chi connectivity index (χ0n) is 9.14. The number of hydrogen-bond acceptors (Lipinski definition) is 3. The minimum atomic E-state index is 0.448. The van der Waals surface area contributed by atoms with E-state index in [1.54, 1.807) is 12.1 Å². The largest absolute Gasteiger partial charge is 0.439 e. The minimum Gasteiger partial charge on any atom is -0.439 e. The van der Waals surface area contributed by atoms with E-state index in [1.165, 1.54) is 0 Å². The molecular formula is C13H9IN2O. The molecule has 0 bridgehead atoms. The lowest BCUT2D eigenvalue weighted by molar-refractivity contribution is 0.461. The van der Waals surface area contributed by atoms with E-state index in [9.17, 15) is 0 Å². The number of ether oxygens (including phenoxy) is 1. The van der Waals surface area contributed by atoms with Crippen molar-refractivity contribution in [1.29, 1.82) is 5.26 Å². The molecule has 0 saturated carbocycles. The predicted molar refractivity (Wildman–Crippen MR) is 72.9 cm³/mol. The van der Waals surface area contributed by atoms with Crippen molar-refractivity contribution >= 4 is 22.6 Å². The molecule has 0 amide bonds. The van der Waals surface area contributed by atoms with Crippen molar-refractivity contribution in [2.24, 2.45) is 0 Å². The second-order valence-corrected chi connectivity index (χ2v) is 4.75. The van der Waals surface area contributed by atoms with Crippen molar-refractivity contribution in [2.75, 3.05) is 0 Å². The van der Waals surface area contributed by atoms with Gasteiger partial charge in [0.05, 0.1) is 11.6 Å². The highest BCUT2D eigenvalue weighted by Crippen LogP contribution is 2.22. The number of aryl methyl sites for hydroxylation is 1. The van der Waals surface area contributed by atoms with Gasteiger partial charge in [0.25, 0.3) is 0 Å². The van der Waals surface area contributed by atoms with Crippen molar-refractivity contribution in [3.05, 3.63) is 51.2 Å². The van der Waals surface area contributed by atoms with Gasteiger partial charge in [0.15, 0.2) is 0 Å². The number of nitriles is 1. The molecule has 0 unspecified atom stereocenters. The fourth-order valence-electron chi connectivity index (χ4n) is 1.41. The molecule has 0 aliphatic rings. The SMILES string of the molecule is Cc1cc(C#N)cc(Oc2cccc(I)c2)n1. The molecule has 0 saturated heterocycles. The second kappa shape index (κ2) is 5.15. The first kappa shape index (κ1) is 11.9. The molecule has 17 heavy (non-hydrogen) atoms. The normalized spacial score (nSPS) is 9.71. The molecule has 2 aromatic rings. The highest BCUT2D eigenvalue weighted by atomic mass is 127. The molecule has 1 aromatic heterocycles. The van der Waals surface area contributed by atoms with Gasteiger partial charge >= 0.3 is 0 Å². The average molecular weight is 336 g/mol. The molecule has 0 aliphatic carbocycles. The summed E-state index contributed by atoms with van der Waals surface area (Å²) < 4.78 is 6.71. The Morgan fingerprint density at radius 1 is 1.29 bits per heavy atom. The molecule has 0 N–H and O–H groups in total. The van der Waals surface area contributed by atoms with E-state index in [0.29, 0.717) is 11.4 Å². The highest BCUT2D eigenvalue weighted by Gasteiger charge is 2.02. The van der Waals surface area contributed by atoms with Gasteiger partial charge in [0.2, 0.25) is 5.88 Å². The zero-order chi connectivity index (χ0) is 12.3. The quantitative estimate of drug-likeness (QED) is 0.787. The molecule has 0 spiro atoms. The molecule has 0 fully saturated rings. The summed E-state index contributed by atoms with van der Waals surface area (Å²) in [6.07, 6.45) is 0. The Balaban J connectivity index is 2.30. The Labute approximate surface area is 113 Å². The Morgan fingerprint density at radius 2 is 2.12 bits per heavy atom. The van der Waals surface area contributed by atoms with E-state index in [-0.39, 0.29) is 0 Å². The molecule has 3 nitrogen and oxygen atoms in total. The van der Waals surface area contributed by atoms with Crippen LogP contribution in [0.2, 0.25) is 0 Å². The summed E-state index contributed by atoms with van der Waals surface area (Å²) in [4.78, 5) is 4.23. The van der Waals surface area contributed by atoms with Gasteiger partial charge in [-0.25, -0.2) is 4.98 Å². The van der Waals surface area contributed by atoms with Crippen LogP contribution in [0.4, 0.5) is 0 Å². The van der Waals surface area contributed by atoms with Crippen LogP contribution in [0.1, 0.15) is 11.3 Å². The first-order valence-corrected chi connectivity index (χ1v) is 6.07. The molecule has 0 aliphatic heterocycles. The molecule has 0 radical (unpaired) electrons. The molecule has 2 rings (SSSR count). The molecule has 4 heteroatoms. The zero-order valence-corrected chi connectivity index (χ0v) is 11.3. The number of halogens is 1. The smallest absolute Gasteiger partial charge is 0.220 e. The van der Waals surface area contributed by atoms with Crippen molar-refractivity contribution in [2.45, 2.75) is 6.92 Å². The van der Waals surface area contributed by atoms with Crippen LogP contribution in [-0.2, 0) is 0 Å². The number of pyridine rings is 1. The maximum Gasteiger partial charge on any atom is 0.220 e. The van der Waals surface area contributed by atoms with Gasteiger partial charge in [-0.1, -0.05) is 6.07 Å². The maximum absolute atomic E-state index is 8.86. The highest BCUT2D eigenvalue weighted by molar-refractivity contribution is 14.1. The lowest BCUT2D eigenvalue weighted by Gasteiger charge is -2.06. The number of rotatable bonds is 2. The Hall–Kier alpha value is -1.61. The second-order valence-electron chi connectivity index (χ2n) is 3.51. The van der Waals surface area contributed by atoms with Crippen molar-refractivity contribution in [3.8, 4) is 17.7 Å². The summed E-state index contributed by atoms with van der Waals surface area (Å²) in [6, 6.07) is 13.1. The third-order valence-corrected chi connectivity index (χ3v) is 2.75. The van der Waals surface area contributed by atoms with E-state index in [4.69, 9.17) is 10.00 Å². The number of hydrogen-bond donors (Lipinski definition) is 0. The van der Waals surface area contributed by atoms with Crippen molar-refractivity contribution < 1.29 is 4.74 Å². The summed E-state index contributed by atoms with van der Waals surface area (Å²) in [6.45, 7) is 1.84. The van der Waals surface area contributed by atoms with Crippen LogP contribution in [0.25, 0.3) is 0 Å². The van der Waals surface area contributed by atoms with Crippen LogP contribution in [0.3, 0.4) is 0 Å². The van der Waals surface area contributed by atoms with Gasteiger partial charge in [-0.15, -0.1) is 0 Å². The van der Waals surface area contributed by atoms with Gasteiger partial charge in [0.1, 0.15) is 5.75 Å².